The number of benzene rings is 2. The van der Waals surface area contributed by atoms with Crippen LogP contribution in [0, 0.1) is 0 Å². The Morgan fingerprint density at radius 3 is 2.29 bits per heavy atom. The molecule has 2 amide bonds. The highest BCUT2D eigenvalue weighted by Gasteiger charge is 2.31. The van der Waals surface area contributed by atoms with Crippen molar-refractivity contribution >= 4 is 35.0 Å². The standard InChI is InChI=1S/C27H34Cl2N2O4/c1-3-25(27(33)30-19-8-4-5-9-19)31(18-22-23(28)10-6-11-24(22)29)26(32)12-7-17-35-21-15-13-20(34-2)14-16-21/h6,10-11,13-16,19,25H,3-5,7-9,12,17-18H2,1-2H3,(H,30,33)/t25-/m0/s1. The van der Waals surface area contributed by atoms with Gasteiger partial charge in [0.05, 0.1) is 13.7 Å². The predicted octanol–water partition coefficient (Wildman–Crippen LogP) is 6.03. The van der Waals surface area contributed by atoms with Crippen LogP contribution in [0.4, 0.5) is 0 Å². The van der Waals surface area contributed by atoms with E-state index in [1.54, 1.807) is 30.2 Å². The zero-order valence-electron chi connectivity index (χ0n) is 20.4. The number of carbonyl (C=O) groups is 2. The number of halogens is 2. The fraction of sp³-hybridized carbons (Fsp3) is 0.481. The zero-order valence-corrected chi connectivity index (χ0v) is 21.9. The first kappa shape index (κ1) is 27.2. The van der Waals surface area contributed by atoms with E-state index in [0.717, 1.165) is 31.4 Å². The van der Waals surface area contributed by atoms with Gasteiger partial charge in [-0.15, -0.1) is 0 Å². The Kier molecular flexibility index (Phi) is 10.5. The van der Waals surface area contributed by atoms with Gasteiger partial charge in [0.1, 0.15) is 17.5 Å². The average molecular weight is 521 g/mol. The highest BCUT2D eigenvalue weighted by Crippen LogP contribution is 2.28. The van der Waals surface area contributed by atoms with Crippen molar-refractivity contribution in [3.63, 3.8) is 0 Å². The summed E-state index contributed by atoms with van der Waals surface area (Å²) in [6, 6.07) is 12.1. The molecular weight excluding hydrogens is 487 g/mol. The Morgan fingerprint density at radius 1 is 1.06 bits per heavy atom. The summed E-state index contributed by atoms with van der Waals surface area (Å²) in [6.45, 7) is 2.47. The summed E-state index contributed by atoms with van der Waals surface area (Å²) >= 11 is 12.8. The Morgan fingerprint density at radius 2 is 1.69 bits per heavy atom. The minimum atomic E-state index is -0.599. The van der Waals surface area contributed by atoms with Gasteiger partial charge in [0.15, 0.2) is 0 Å². The number of rotatable bonds is 12. The molecule has 0 aliphatic heterocycles. The highest BCUT2D eigenvalue weighted by molar-refractivity contribution is 6.36. The number of carbonyl (C=O) groups excluding carboxylic acids is 2. The van der Waals surface area contributed by atoms with E-state index in [-0.39, 0.29) is 30.8 Å². The molecule has 3 rings (SSSR count). The molecule has 190 valence electrons. The molecule has 2 aromatic rings. The van der Waals surface area contributed by atoms with Crippen molar-refractivity contribution in [2.75, 3.05) is 13.7 Å². The van der Waals surface area contributed by atoms with E-state index >= 15 is 0 Å². The lowest BCUT2D eigenvalue weighted by Gasteiger charge is -2.32. The fourth-order valence-electron chi connectivity index (χ4n) is 4.37. The lowest BCUT2D eigenvalue weighted by molar-refractivity contribution is -0.141. The summed E-state index contributed by atoms with van der Waals surface area (Å²) in [4.78, 5) is 28.2. The third-order valence-corrected chi connectivity index (χ3v) is 7.05. The summed E-state index contributed by atoms with van der Waals surface area (Å²) in [5, 5.41) is 4.10. The molecule has 0 heterocycles. The molecule has 1 saturated carbocycles. The molecule has 0 radical (unpaired) electrons. The number of ether oxygens (including phenoxy) is 2. The van der Waals surface area contributed by atoms with Crippen LogP contribution in [0.5, 0.6) is 11.5 Å². The fourth-order valence-corrected chi connectivity index (χ4v) is 4.89. The minimum Gasteiger partial charge on any atom is -0.497 e. The first-order chi connectivity index (χ1) is 16.9. The second-order valence-corrected chi connectivity index (χ2v) is 9.58. The molecule has 35 heavy (non-hydrogen) atoms. The molecule has 0 spiro atoms. The van der Waals surface area contributed by atoms with Gasteiger partial charge in [-0.3, -0.25) is 9.59 Å². The van der Waals surface area contributed by atoms with Crippen LogP contribution >= 0.6 is 23.2 Å². The molecule has 1 atom stereocenters. The molecule has 0 unspecified atom stereocenters. The predicted molar refractivity (Wildman–Crippen MR) is 139 cm³/mol. The third-order valence-electron chi connectivity index (χ3n) is 6.34. The van der Waals surface area contributed by atoms with Crippen molar-refractivity contribution in [3.05, 3.63) is 58.1 Å². The van der Waals surface area contributed by atoms with Crippen LogP contribution in [-0.4, -0.2) is 42.5 Å². The van der Waals surface area contributed by atoms with Crippen molar-refractivity contribution in [3.8, 4) is 11.5 Å². The molecule has 1 aliphatic rings. The summed E-state index contributed by atoms with van der Waals surface area (Å²) in [7, 11) is 1.61. The van der Waals surface area contributed by atoms with E-state index in [1.807, 2.05) is 31.2 Å². The summed E-state index contributed by atoms with van der Waals surface area (Å²) in [5.41, 5.74) is 0.644. The summed E-state index contributed by atoms with van der Waals surface area (Å²) in [6.07, 6.45) is 5.45. The van der Waals surface area contributed by atoms with Crippen molar-refractivity contribution in [2.24, 2.45) is 0 Å². The molecule has 0 aromatic heterocycles. The normalized spacial score (nSPS) is 14.4. The van der Waals surface area contributed by atoms with Crippen LogP contribution in [0.25, 0.3) is 0 Å². The van der Waals surface area contributed by atoms with Gasteiger partial charge in [-0.2, -0.15) is 0 Å². The molecule has 8 heteroatoms. The van der Waals surface area contributed by atoms with Crippen LogP contribution in [-0.2, 0) is 16.1 Å². The molecule has 1 N–H and O–H groups in total. The maximum Gasteiger partial charge on any atom is 0.243 e. The molecule has 6 nitrogen and oxygen atoms in total. The Balaban J connectivity index is 1.67. The first-order valence-corrected chi connectivity index (χ1v) is 13.0. The molecule has 1 fully saturated rings. The smallest absolute Gasteiger partial charge is 0.243 e. The van der Waals surface area contributed by atoms with Crippen LogP contribution in [0.3, 0.4) is 0 Å². The second-order valence-electron chi connectivity index (χ2n) is 8.76. The van der Waals surface area contributed by atoms with Gasteiger partial charge in [-0.1, -0.05) is 49.0 Å². The number of methoxy groups -OCH3 is 1. The van der Waals surface area contributed by atoms with Gasteiger partial charge in [-0.25, -0.2) is 0 Å². The second kappa shape index (κ2) is 13.6. The maximum absolute atomic E-state index is 13.4. The number of hydrogen-bond acceptors (Lipinski definition) is 4. The lowest BCUT2D eigenvalue weighted by atomic mass is 10.1. The van der Waals surface area contributed by atoms with Crippen LogP contribution in [0.1, 0.15) is 57.4 Å². The van der Waals surface area contributed by atoms with E-state index in [1.165, 1.54) is 0 Å². The molecule has 0 bridgehead atoms. The van der Waals surface area contributed by atoms with Gasteiger partial charge in [0.25, 0.3) is 0 Å². The topological polar surface area (TPSA) is 67.9 Å². The van der Waals surface area contributed by atoms with E-state index in [9.17, 15) is 9.59 Å². The van der Waals surface area contributed by atoms with Crippen LogP contribution < -0.4 is 14.8 Å². The molecule has 2 aromatic carbocycles. The average Bonchev–Trinajstić information content (AvgIpc) is 3.36. The van der Waals surface area contributed by atoms with Gasteiger partial charge < -0.3 is 19.7 Å². The third kappa shape index (κ3) is 7.77. The van der Waals surface area contributed by atoms with Crippen LogP contribution in [0.2, 0.25) is 10.0 Å². The number of amides is 2. The van der Waals surface area contributed by atoms with Crippen LogP contribution in [0.15, 0.2) is 42.5 Å². The van der Waals surface area contributed by atoms with E-state index < -0.39 is 6.04 Å². The lowest BCUT2D eigenvalue weighted by Crippen LogP contribution is -2.51. The SMILES string of the molecule is CC[C@@H](C(=O)NC1CCCC1)N(Cc1c(Cl)cccc1Cl)C(=O)CCCOc1ccc(OC)cc1. The van der Waals surface area contributed by atoms with Gasteiger partial charge >= 0.3 is 0 Å². The number of hydrogen-bond donors (Lipinski definition) is 1. The first-order valence-electron chi connectivity index (χ1n) is 12.2. The number of nitrogens with zero attached hydrogens (tertiary/aromatic N) is 1. The largest absolute Gasteiger partial charge is 0.497 e. The van der Waals surface area contributed by atoms with Gasteiger partial charge in [0, 0.05) is 34.6 Å². The summed E-state index contributed by atoms with van der Waals surface area (Å²) < 4.78 is 10.9. The molecular formula is C27H34Cl2N2O4. The van der Waals surface area contributed by atoms with Crippen molar-refractivity contribution < 1.29 is 19.1 Å². The quantitative estimate of drug-likeness (QED) is 0.347. The summed E-state index contributed by atoms with van der Waals surface area (Å²) in [5.74, 6) is 1.21. The van der Waals surface area contributed by atoms with Gasteiger partial charge in [-0.05, 0) is 62.1 Å². The van der Waals surface area contributed by atoms with Gasteiger partial charge in [0.2, 0.25) is 11.8 Å². The molecule has 0 saturated heterocycles. The van der Waals surface area contributed by atoms with E-state index in [2.05, 4.69) is 5.32 Å². The Bertz CT molecular complexity index is 957. The van der Waals surface area contributed by atoms with E-state index in [4.69, 9.17) is 32.7 Å². The maximum atomic E-state index is 13.4. The van der Waals surface area contributed by atoms with Crippen molar-refractivity contribution in [2.45, 2.75) is 70.5 Å². The minimum absolute atomic E-state index is 0.120. The van der Waals surface area contributed by atoms with Crippen molar-refractivity contribution in [1.82, 2.24) is 10.2 Å². The molecule has 1 aliphatic carbocycles. The zero-order chi connectivity index (χ0) is 25.2. The monoisotopic (exact) mass is 520 g/mol. The number of nitrogens with one attached hydrogen (secondary N) is 1. The highest BCUT2D eigenvalue weighted by atomic mass is 35.5. The van der Waals surface area contributed by atoms with E-state index in [0.29, 0.717) is 40.8 Å². The Labute approximate surface area is 217 Å². The Hall–Kier alpha value is -2.44. The van der Waals surface area contributed by atoms with Crippen molar-refractivity contribution in [1.29, 1.82) is 0 Å².